The molecule has 0 aromatic heterocycles. The molecule has 2 saturated heterocycles. The van der Waals surface area contributed by atoms with E-state index in [0.29, 0.717) is 0 Å². The van der Waals surface area contributed by atoms with Crippen molar-refractivity contribution in [2.24, 2.45) is 0 Å². The minimum atomic E-state index is 0.931. The fraction of sp³-hybridized carbons (Fsp3) is 1.00. The Hall–Kier alpha value is -0.120. The number of rotatable bonds is 2. The topological polar surface area (TPSA) is 25.5 Å². The van der Waals surface area contributed by atoms with Gasteiger partial charge in [-0.3, -0.25) is 0 Å². The van der Waals surface area contributed by atoms with E-state index in [1.165, 1.54) is 65.0 Å². The van der Waals surface area contributed by atoms with E-state index in [2.05, 4.69) is 12.4 Å². The highest BCUT2D eigenvalue weighted by Gasteiger charge is 2.25. The maximum atomic E-state index is 2.62. The quantitative estimate of drug-likeness (QED) is 0.434. The Labute approximate surface area is 93.8 Å². The summed E-state index contributed by atoms with van der Waals surface area (Å²) < 4.78 is 0. The van der Waals surface area contributed by atoms with E-state index in [4.69, 9.17) is 0 Å². The van der Waals surface area contributed by atoms with Crippen molar-refractivity contribution >= 4 is 0 Å². The molecule has 2 aliphatic rings. The Morgan fingerprint density at radius 1 is 1.07 bits per heavy atom. The van der Waals surface area contributed by atoms with Gasteiger partial charge in [0.15, 0.2) is 0 Å². The van der Waals surface area contributed by atoms with E-state index in [1.54, 1.807) is 4.90 Å². The minimum Gasteiger partial charge on any atom is -0.339 e. The van der Waals surface area contributed by atoms with Gasteiger partial charge in [0.05, 0.1) is 13.6 Å². The molecular formula is C12H28N3+3. The molecule has 2 heterocycles. The van der Waals surface area contributed by atoms with Crippen LogP contribution in [-0.2, 0) is 0 Å². The van der Waals surface area contributed by atoms with E-state index in [1.807, 2.05) is 4.90 Å². The van der Waals surface area contributed by atoms with Crippen LogP contribution >= 0.6 is 0 Å². The van der Waals surface area contributed by atoms with Gasteiger partial charge in [0.2, 0.25) is 0 Å². The molecule has 4 N–H and O–H groups in total. The highest BCUT2D eigenvalue weighted by atomic mass is 15.3. The second-order valence-corrected chi connectivity index (χ2v) is 5.55. The molecule has 2 aliphatic heterocycles. The molecule has 0 amide bonds. The van der Waals surface area contributed by atoms with Crippen LogP contribution in [-0.4, -0.2) is 52.4 Å². The van der Waals surface area contributed by atoms with Crippen molar-refractivity contribution in [2.75, 3.05) is 46.3 Å². The van der Waals surface area contributed by atoms with Crippen LogP contribution in [0, 0.1) is 0 Å². The molecule has 15 heavy (non-hydrogen) atoms. The Kier molecular flexibility index (Phi) is 4.42. The predicted molar refractivity (Wildman–Crippen MR) is 61.2 cm³/mol. The monoisotopic (exact) mass is 214 g/mol. The van der Waals surface area contributed by atoms with Crippen molar-refractivity contribution in [3.63, 3.8) is 0 Å². The fourth-order valence-corrected chi connectivity index (χ4v) is 2.99. The molecule has 3 nitrogen and oxygen atoms in total. The van der Waals surface area contributed by atoms with Crippen LogP contribution in [0.25, 0.3) is 0 Å². The Balaban J connectivity index is 1.70. The number of nitrogens with two attached hydrogens (primary N) is 1. The third kappa shape index (κ3) is 3.74. The van der Waals surface area contributed by atoms with Crippen LogP contribution in [0.3, 0.4) is 0 Å². The summed E-state index contributed by atoms with van der Waals surface area (Å²) in [7, 11) is 2.33. The first-order valence-corrected chi connectivity index (χ1v) is 6.83. The first-order chi connectivity index (χ1) is 7.34. The van der Waals surface area contributed by atoms with Gasteiger partial charge < -0.3 is 15.1 Å². The lowest BCUT2D eigenvalue weighted by molar-refractivity contribution is -1.01. The highest BCUT2D eigenvalue weighted by Crippen LogP contribution is 2.02. The van der Waals surface area contributed by atoms with Crippen molar-refractivity contribution in [1.29, 1.82) is 0 Å². The number of hydrogen-bond acceptors (Lipinski definition) is 0. The summed E-state index contributed by atoms with van der Waals surface area (Å²) in [6.45, 7) is 8.35. The molecule has 88 valence electrons. The van der Waals surface area contributed by atoms with E-state index >= 15 is 0 Å². The molecule has 2 rings (SSSR count). The van der Waals surface area contributed by atoms with Gasteiger partial charge in [-0.25, -0.2) is 0 Å². The number of hydrogen-bond donors (Lipinski definition) is 3. The highest BCUT2D eigenvalue weighted by molar-refractivity contribution is 4.57. The molecule has 0 unspecified atom stereocenters. The summed E-state index contributed by atoms with van der Waals surface area (Å²) in [5, 5.41) is 2.62. The van der Waals surface area contributed by atoms with E-state index < -0.39 is 0 Å². The first-order valence-electron chi connectivity index (χ1n) is 6.83. The lowest BCUT2D eigenvalue weighted by Gasteiger charge is -2.28. The molecule has 0 aromatic carbocycles. The normalized spacial score (nSPS) is 38.6. The zero-order valence-corrected chi connectivity index (χ0v) is 10.2. The third-order valence-corrected chi connectivity index (χ3v) is 4.14. The smallest absolute Gasteiger partial charge is 0.135 e. The van der Waals surface area contributed by atoms with Crippen LogP contribution < -0.4 is 15.1 Å². The van der Waals surface area contributed by atoms with Crippen LogP contribution in [0.15, 0.2) is 0 Å². The van der Waals surface area contributed by atoms with E-state index in [9.17, 15) is 0 Å². The summed E-state index contributed by atoms with van der Waals surface area (Å²) in [6, 6.07) is 0.931. The number of quaternary nitrogens is 3. The van der Waals surface area contributed by atoms with Gasteiger partial charge in [0, 0.05) is 6.42 Å². The molecule has 0 bridgehead atoms. The molecule has 1 atom stereocenters. The van der Waals surface area contributed by atoms with Gasteiger partial charge in [-0.05, 0) is 19.3 Å². The van der Waals surface area contributed by atoms with Gasteiger partial charge in [-0.2, -0.15) is 0 Å². The van der Waals surface area contributed by atoms with Gasteiger partial charge >= 0.3 is 0 Å². The van der Waals surface area contributed by atoms with Crippen LogP contribution in [0.1, 0.15) is 25.7 Å². The SMILES string of the molecule is C[NH+]1CC[NH+](C[C@@H]2CCCCC[NH2+]2)CC1. The Morgan fingerprint density at radius 2 is 1.87 bits per heavy atom. The molecule has 0 saturated carbocycles. The van der Waals surface area contributed by atoms with Gasteiger partial charge in [0.1, 0.15) is 38.8 Å². The van der Waals surface area contributed by atoms with Crippen molar-refractivity contribution in [2.45, 2.75) is 31.7 Å². The molecule has 0 spiro atoms. The molecule has 3 heteroatoms. The Morgan fingerprint density at radius 3 is 2.67 bits per heavy atom. The van der Waals surface area contributed by atoms with Crippen molar-refractivity contribution in [3.8, 4) is 0 Å². The largest absolute Gasteiger partial charge is 0.339 e. The lowest BCUT2D eigenvalue weighted by Crippen LogP contribution is -3.28. The average molecular weight is 214 g/mol. The average Bonchev–Trinajstić information content (AvgIpc) is 2.50. The van der Waals surface area contributed by atoms with Gasteiger partial charge in [-0.1, -0.05) is 0 Å². The van der Waals surface area contributed by atoms with Crippen molar-refractivity contribution < 1.29 is 15.1 Å². The number of nitrogens with one attached hydrogen (secondary N) is 2. The zero-order valence-electron chi connectivity index (χ0n) is 10.2. The molecular weight excluding hydrogens is 186 g/mol. The maximum Gasteiger partial charge on any atom is 0.135 e. The molecule has 0 aromatic rings. The Bertz CT molecular complexity index is 168. The molecule has 0 aliphatic carbocycles. The van der Waals surface area contributed by atoms with Gasteiger partial charge in [-0.15, -0.1) is 0 Å². The summed E-state index contributed by atoms with van der Waals surface area (Å²) in [5.74, 6) is 0. The molecule has 0 radical (unpaired) electrons. The number of likely N-dealkylation sites (N-methyl/N-ethyl adjacent to an activating group) is 1. The standard InChI is InChI=1S/C12H25N3/c1-14-7-9-15(10-8-14)11-12-5-3-2-4-6-13-12/h12-13H,2-11H2,1H3/p+3/t12-/m0/s1. The summed E-state index contributed by atoms with van der Waals surface area (Å²) in [5.41, 5.74) is 0. The zero-order chi connectivity index (χ0) is 10.5. The number of piperazine rings is 1. The second kappa shape index (κ2) is 5.83. The first kappa shape index (κ1) is 11.4. The van der Waals surface area contributed by atoms with Crippen LogP contribution in [0.5, 0.6) is 0 Å². The third-order valence-electron chi connectivity index (χ3n) is 4.14. The summed E-state index contributed by atoms with van der Waals surface area (Å²) in [6.07, 6.45) is 5.85. The van der Waals surface area contributed by atoms with Crippen LogP contribution in [0.2, 0.25) is 0 Å². The van der Waals surface area contributed by atoms with E-state index in [0.717, 1.165) is 6.04 Å². The second-order valence-electron chi connectivity index (χ2n) is 5.55. The van der Waals surface area contributed by atoms with Crippen molar-refractivity contribution in [1.82, 2.24) is 0 Å². The predicted octanol–water partition coefficient (Wildman–Crippen LogP) is -3.09. The lowest BCUT2D eigenvalue weighted by atomic mass is 10.1. The minimum absolute atomic E-state index is 0.931. The van der Waals surface area contributed by atoms with Crippen molar-refractivity contribution in [3.05, 3.63) is 0 Å². The fourth-order valence-electron chi connectivity index (χ4n) is 2.99. The molecule has 2 fully saturated rings. The summed E-state index contributed by atoms with van der Waals surface area (Å²) in [4.78, 5) is 3.59. The maximum absolute atomic E-state index is 2.62. The van der Waals surface area contributed by atoms with Crippen LogP contribution in [0.4, 0.5) is 0 Å². The van der Waals surface area contributed by atoms with E-state index in [-0.39, 0.29) is 0 Å². The van der Waals surface area contributed by atoms with Gasteiger partial charge in [0.25, 0.3) is 0 Å². The summed E-state index contributed by atoms with van der Waals surface area (Å²) >= 11 is 0.